The molecule has 0 saturated heterocycles. The number of nitrogens with two attached hydrogens (primary N) is 1. The van der Waals surface area contributed by atoms with Gasteiger partial charge in [-0.25, -0.2) is 4.79 Å². The first kappa shape index (κ1) is 18.3. The van der Waals surface area contributed by atoms with Crippen molar-refractivity contribution >= 4 is 17.7 Å². The molecule has 7 nitrogen and oxygen atoms in total. The summed E-state index contributed by atoms with van der Waals surface area (Å²) in [5.41, 5.74) is 7.01. The maximum absolute atomic E-state index is 12.6. The molecule has 0 atom stereocenters. The number of esters is 1. The lowest BCUT2D eigenvalue weighted by Crippen LogP contribution is -2.19. The fourth-order valence-corrected chi connectivity index (χ4v) is 2.60. The van der Waals surface area contributed by atoms with Crippen molar-refractivity contribution in [3.05, 3.63) is 52.3 Å². The highest BCUT2D eigenvalue weighted by Crippen LogP contribution is 2.22. The van der Waals surface area contributed by atoms with E-state index in [9.17, 15) is 14.4 Å². The lowest BCUT2D eigenvalue weighted by molar-refractivity contribution is 0.0522. The Hall–Kier alpha value is -3.09. The molecule has 1 amide bonds. The van der Waals surface area contributed by atoms with Gasteiger partial charge in [0.25, 0.3) is 5.91 Å². The van der Waals surface area contributed by atoms with Gasteiger partial charge in [-0.2, -0.15) is 0 Å². The third-order valence-corrected chi connectivity index (χ3v) is 3.64. The number of hydrogen-bond donors (Lipinski definition) is 2. The molecule has 0 aliphatic rings. The monoisotopic (exact) mass is 344 g/mol. The largest absolute Gasteiger partial charge is 0.485 e. The zero-order chi connectivity index (χ0) is 18.6. The molecule has 3 N–H and O–H groups in total. The number of Topliss-reactive ketones (excluding diaryl/α,β-unsaturated/α-hetero) is 1. The van der Waals surface area contributed by atoms with Crippen LogP contribution < -0.4 is 10.5 Å². The van der Waals surface area contributed by atoms with Gasteiger partial charge in [0.15, 0.2) is 6.61 Å². The maximum atomic E-state index is 12.6. The van der Waals surface area contributed by atoms with Crippen molar-refractivity contribution in [2.45, 2.75) is 20.8 Å². The minimum Gasteiger partial charge on any atom is -0.485 e. The quantitative estimate of drug-likeness (QED) is 0.590. The van der Waals surface area contributed by atoms with Crippen LogP contribution in [0.15, 0.2) is 24.3 Å². The summed E-state index contributed by atoms with van der Waals surface area (Å²) in [5, 5.41) is 0. The molecule has 2 rings (SSSR count). The van der Waals surface area contributed by atoms with Gasteiger partial charge in [-0.15, -0.1) is 0 Å². The number of aryl methyl sites for hydroxylation is 2. The number of hydrogen-bond acceptors (Lipinski definition) is 5. The van der Waals surface area contributed by atoms with Crippen LogP contribution in [-0.2, 0) is 4.74 Å². The highest BCUT2D eigenvalue weighted by molar-refractivity contribution is 6.08. The minimum atomic E-state index is -0.649. The van der Waals surface area contributed by atoms with Gasteiger partial charge < -0.3 is 20.2 Å². The number of carbonyl (C=O) groups excluding carboxylic acids is 3. The van der Waals surface area contributed by atoms with Crippen LogP contribution in [0.1, 0.15) is 49.4 Å². The molecule has 0 bridgehead atoms. The lowest BCUT2D eigenvalue weighted by atomic mass is 10.1. The predicted molar refractivity (Wildman–Crippen MR) is 91.0 cm³/mol. The van der Waals surface area contributed by atoms with Crippen molar-refractivity contribution < 1.29 is 23.9 Å². The second kappa shape index (κ2) is 7.65. The van der Waals surface area contributed by atoms with Crippen LogP contribution in [0.4, 0.5) is 0 Å². The van der Waals surface area contributed by atoms with Crippen molar-refractivity contribution in [3.8, 4) is 5.75 Å². The number of primary amides is 1. The van der Waals surface area contributed by atoms with E-state index in [0.717, 1.165) is 0 Å². The van der Waals surface area contributed by atoms with Crippen molar-refractivity contribution in [2.24, 2.45) is 5.73 Å². The SMILES string of the molecule is CCOC(=O)c1c(C)[nH]c(C)c1C(=O)COc1ccccc1C(N)=O. The topological polar surface area (TPSA) is 111 Å². The molecule has 1 aromatic carbocycles. The number of para-hydroxylation sites is 1. The van der Waals surface area contributed by atoms with Crippen LogP contribution in [-0.4, -0.2) is 35.9 Å². The molecular weight excluding hydrogens is 324 g/mol. The van der Waals surface area contributed by atoms with Gasteiger partial charge >= 0.3 is 5.97 Å². The Kier molecular flexibility index (Phi) is 5.59. The minimum absolute atomic E-state index is 0.183. The molecule has 0 fully saturated rings. The lowest BCUT2D eigenvalue weighted by Gasteiger charge is -2.10. The molecular formula is C18H20N2O5. The van der Waals surface area contributed by atoms with E-state index in [1.165, 1.54) is 6.07 Å². The van der Waals surface area contributed by atoms with Crippen molar-refractivity contribution in [1.29, 1.82) is 0 Å². The Morgan fingerprint density at radius 2 is 1.72 bits per heavy atom. The smallest absolute Gasteiger partial charge is 0.340 e. The Morgan fingerprint density at radius 1 is 1.08 bits per heavy atom. The number of ether oxygens (including phenoxy) is 2. The van der Waals surface area contributed by atoms with Gasteiger partial charge in [0.2, 0.25) is 5.78 Å². The Labute approximate surface area is 145 Å². The van der Waals surface area contributed by atoms with E-state index in [4.69, 9.17) is 15.2 Å². The van der Waals surface area contributed by atoms with Crippen molar-refractivity contribution in [3.63, 3.8) is 0 Å². The van der Waals surface area contributed by atoms with Crippen LogP contribution in [0.5, 0.6) is 5.75 Å². The summed E-state index contributed by atoms with van der Waals surface area (Å²) < 4.78 is 10.5. The third-order valence-electron chi connectivity index (χ3n) is 3.64. The van der Waals surface area contributed by atoms with Crippen LogP contribution in [0.2, 0.25) is 0 Å². The average molecular weight is 344 g/mol. The van der Waals surface area contributed by atoms with Gasteiger partial charge in [0.1, 0.15) is 5.75 Å². The van der Waals surface area contributed by atoms with Crippen molar-refractivity contribution in [1.82, 2.24) is 4.98 Å². The summed E-state index contributed by atoms with van der Waals surface area (Å²) in [6, 6.07) is 6.38. The number of benzene rings is 1. The van der Waals surface area contributed by atoms with Crippen molar-refractivity contribution in [2.75, 3.05) is 13.2 Å². The van der Waals surface area contributed by atoms with Gasteiger partial charge in [0, 0.05) is 11.4 Å². The first-order valence-corrected chi connectivity index (χ1v) is 7.77. The van der Waals surface area contributed by atoms with E-state index in [0.29, 0.717) is 11.4 Å². The van der Waals surface area contributed by atoms with Gasteiger partial charge in [-0.1, -0.05) is 12.1 Å². The summed E-state index contributed by atoms with van der Waals surface area (Å²) in [4.78, 5) is 39.1. The molecule has 25 heavy (non-hydrogen) atoms. The predicted octanol–water partition coefficient (Wildman–Crippen LogP) is 2.17. The van der Waals surface area contributed by atoms with Crippen LogP contribution >= 0.6 is 0 Å². The Bertz CT molecular complexity index is 823. The second-order valence-corrected chi connectivity index (χ2v) is 5.42. The normalized spacial score (nSPS) is 10.4. The number of aromatic amines is 1. The highest BCUT2D eigenvalue weighted by atomic mass is 16.5. The molecule has 0 unspecified atom stereocenters. The molecule has 1 heterocycles. The zero-order valence-electron chi connectivity index (χ0n) is 14.3. The molecule has 0 spiro atoms. The first-order chi connectivity index (χ1) is 11.9. The Balaban J connectivity index is 2.25. The molecule has 0 radical (unpaired) electrons. The van der Waals surface area contributed by atoms with E-state index in [2.05, 4.69) is 4.98 Å². The number of carbonyl (C=O) groups is 3. The fraction of sp³-hybridized carbons (Fsp3) is 0.278. The van der Waals surface area contributed by atoms with Crippen LogP contribution in [0.25, 0.3) is 0 Å². The van der Waals surface area contributed by atoms with E-state index in [1.54, 1.807) is 39.0 Å². The number of rotatable bonds is 7. The number of H-pyrrole nitrogens is 1. The summed E-state index contributed by atoms with van der Waals surface area (Å²) in [6.45, 7) is 4.95. The number of nitrogens with one attached hydrogen (secondary N) is 1. The summed E-state index contributed by atoms with van der Waals surface area (Å²) in [6.07, 6.45) is 0. The van der Waals surface area contributed by atoms with E-state index in [-0.39, 0.29) is 35.7 Å². The fourth-order valence-electron chi connectivity index (χ4n) is 2.60. The second-order valence-electron chi connectivity index (χ2n) is 5.42. The molecule has 1 aromatic heterocycles. The molecule has 0 aliphatic heterocycles. The van der Waals surface area contributed by atoms with E-state index in [1.807, 2.05) is 0 Å². The van der Waals surface area contributed by atoms with E-state index >= 15 is 0 Å². The number of aromatic nitrogens is 1. The first-order valence-electron chi connectivity index (χ1n) is 7.77. The molecule has 2 aromatic rings. The maximum Gasteiger partial charge on any atom is 0.340 e. The summed E-state index contributed by atoms with van der Waals surface area (Å²) in [7, 11) is 0. The summed E-state index contributed by atoms with van der Waals surface area (Å²) in [5.74, 6) is -1.40. The average Bonchev–Trinajstić information content (AvgIpc) is 2.87. The standard InChI is InChI=1S/C18H20N2O5/c1-4-24-18(23)16-11(3)20-10(2)15(16)13(21)9-25-14-8-6-5-7-12(14)17(19)22/h5-8,20H,4,9H2,1-3H3,(H2,19,22). The highest BCUT2D eigenvalue weighted by Gasteiger charge is 2.25. The number of amides is 1. The van der Waals surface area contributed by atoms with Gasteiger partial charge in [0.05, 0.1) is 23.3 Å². The number of ketones is 1. The molecule has 7 heteroatoms. The zero-order valence-corrected chi connectivity index (χ0v) is 14.3. The van der Waals surface area contributed by atoms with E-state index < -0.39 is 17.7 Å². The third kappa shape index (κ3) is 3.88. The molecule has 0 aliphatic carbocycles. The van der Waals surface area contributed by atoms with Crippen LogP contribution in [0.3, 0.4) is 0 Å². The van der Waals surface area contributed by atoms with Gasteiger partial charge in [-0.3, -0.25) is 9.59 Å². The van der Waals surface area contributed by atoms with Gasteiger partial charge in [-0.05, 0) is 32.9 Å². The molecule has 0 saturated carbocycles. The summed E-state index contributed by atoms with van der Waals surface area (Å²) >= 11 is 0. The Morgan fingerprint density at radius 3 is 2.36 bits per heavy atom. The molecule has 132 valence electrons. The van der Waals surface area contributed by atoms with Crippen LogP contribution in [0, 0.1) is 13.8 Å².